The predicted octanol–water partition coefficient (Wildman–Crippen LogP) is 0.840. The lowest BCUT2D eigenvalue weighted by atomic mass is 10.1. The van der Waals surface area contributed by atoms with E-state index in [1.165, 1.54) is 0 Å². The Morgan fingerprint density at radius 2 is 2.10 bits per heavy atom. The molecule has 1 rings (SSSR count). The summed E-state index contributed by atoms with van der Waals surface area (Å²) in [4.78, 5) is 4.10. The summed E-state index contributed by atoms with van der Waals surface area (Å²) < 4.78 is 10.4. The molecule has 0 aromatic heterocycles. The van der Waals surface area contributed by atoms with Gasteiger partial charge in [-0.3, -0.25) is 4.99 Å². The molecule has 0 atom stereocenters. The summed E-state index contributed by atoms with van der Waals surface area (Å²) in [5, 5.41) is 0. The van der Waals surface area contributed by atoms with Crippen LogP contribution in [0, 0.1) is 0 Å². The SMILES string of the molecule is COC1(OC)CCC=NC1. The van der Waals surface area contributed by atoms with Gasteiger partial charge in [0.2, 0.25) is 0 Å². The van der Waals surface area contributed by atoms with Gasteiger partial charge in [-0.25, -0.2) is 0 Å². The van der Waals surface area contributed by atoms with Crippen LogP contribution in [0.3, 0.4) is 0 Å². The molecule has 0 saturated heterocycles. The third kappa shape index (κ3) is 1.36. The minimum Gasteiger partial charge on any atom is -0.351 e. The monoisotopic (exact) mass is 143 g/mol. The lowest BCUT2D eigenvalue weighted by Crippen LogP contribution is -2.39. The van der Waals surface area contributed by atoms with E-state index in [0.29, 0.717) is 6.54 Å². The summed E-state index contributed by atoms with van der Waals surface area (Å²) >= 11 is 0. The molecule has 0 saturated carbocycles. The highest BCUT2D eigenvalue weighted by Crippen LogP contribution is 2.20. The maximum absolute atomic E-state index is 5.19. The molecule has 0 radical (unpaired) electrons. The maximum Gasteiger partial charge on any atom is 0.187 e. The lowest BCUT2D eigenvalue weighted by Gasteiger charge is -2.30. The van der Waals surface area contributed by atoms with Crippen molar-refractivity contribution in [1.29, 1.82) is 0 Å². The van der Waals surface area contributed by atoms with E-state index in [0.717, 1.165) is 12.8 Å². The first kappa shape index (κ1) is 7.69. The number of aliphatic imine (C=N–C) groups is 1. The Kier molecular flexibility index (Phi) is 2.40. The maximum atomic E-state index is 5.19. The van der Waals surface area contributed by atoms with E-state index in [1.54, 1.807) is 14.2 Å². The summed E-state index contributed by atoms with van der Waals surface area (Å²) in [6.07, 6.45) is 3.77. The highest BCUT2D eigenvalue weighted by atomic mass is 16.7. The molecular weight excluding hydrogens is 130 g/mol. The van der Waals surface area contributed by atoms with Crippen LogP contribution in [0.25, 0.3) is 0 Å². The van der Waals surface area contributed by atoms with Crippen LogP contribution < -0.4 is 0 Å². The van der Waals surface area contributed by atoms with E-state index in [9.17, 15) is 0 Å². The molecule has 0 aliphatic carbocycles. The normalized spacial score (nSPS) is 23.0. The molecule has 3 heteroatoms. The van der Waals surface area contributed by atoms with Crippen LogP contribution in [0.5, 0.6) is 0 Å². The van der Waals surface area contributed by atoms with Crippen LogP contribution in [0.4, 0.5) is 0 Å². The summed E-state index contributed by atoms with van der Waals surface area (Å²) in [7, 11) is 3.31. The molecule has 1 aliphatic heterocycles. The second-order valence-electron chi connectivity index (χ2n) is 2.38. The van der Waals surface area contributed by atoms with E-state index in [4.69, 9.17) is 9.47 Å². The Hall–Kier alpha value is -0.410. The van der Waals surface area contributed by atoms with E-state index in [-0.39, 0.29) is 0 Å². The highest BCUT2D eigenvalue weighted by Gasteiger charge is 2.29. The molecule has 1 aliphatic rings. The predicted molar refractivity (Wildman–Crippen MR) is 39.3 cm³/mol. The van der Waals surface area contributed by atoms with Crippen LogP contribution in [-0.2, 0) is 9.47 Å². The third-order valence-electron chi connectivity index (χ3n) is 1.86. The molecule has 0 amide bonds. The quantitative estimate of drug-likeness (QED) is 0.536. The second kappa shape index (κ2) is 3.12. The summed E-state index contributed by atoms with van der Waals surface area (Å²) in [6.45, 7) is 0.625. The molecule has 0 fully saturated rings. The Labute approximate surface area is 61.0 Å². The first-order valence-electron chi connectivity index (χ1n) is 3.41. The molecule has 58 valence electrons. The van der Waals surface area contributed by atoms with Crippen LogP contribution in [0.15, 0.2) is 4.99 Å². The molecule has 0 unspecified atom stereocenters. The zero-order valence-corrected chi connectivity index (χ0v) is 6.46. The second-order valence-corrected chi connectivity index (χ2v) is 2.38. The number of hydrogen-bond donors (Lipinski definition) is 0. The van der Waals surface area contributed by atoms with Crippen LogP contribution in [0.1, 0.15) is 12.8 Å². The zero-order valence-electron chi connectivity index (χ0n) is 6.46. The molecule has 0 aromatic rings. The number of methoxy groups -OCH3 is 2. The van der Waals surface area contributed by atoms with Crippen molar-refractivity contribution in [2.75, 3.05) is 20.8 Å². The van der Waals surface area contributed by atoms with Gasteiger partial charge in [-0.1, -0.05) is 0 Å². The smallest absolute Gasteiger partial charge is 0.187 e. The Balaban J connectivity index is 2.55. The van der Waals surface area contributed by atoms with Crippen LogP contribution in [0.2, 0.25) is 0 Å². The molecular formula is C7H13NO2. The Morgan fingerprint density at radius 3 is 2.40 bits per heavy atom. The largest absolute Gasteiger partial charge is 0.351 e. The first-order chi connectivity index (χ1) is 4.83. The van der Waals surface area contributed by atoms with Gasteiger partial charge >= 0.3 is 0 Å². The summed E-state index contributed by atoms with van der Waals surface area (Å²) in [5.41, 5.74) is 0. The van der Waals surface area contributed by atoms with Crippen molar-refractivity contribution < 1.29 is 9.47 Å². The van der Waals surface area contributed by atoms with Gasteiger partial charge in [0, 0.05) is 20.6 Å². The molecule has 0 aromatic carbocycles. The molecule has 0 bridgehead atoms. The van der Waals surface area contributed by atoms with Gasteiger partial charge in [0.1, 0.15) is 0 Å². The number of hydrogen-bond acceptors (Lipinski definition) is 3. The number of ether oxygens (including phenoxy) is 2. The molecule has 0 N–H and O–H groups in total. The van der Waals surface area contributed by atoms with Crippen molar-refractivity contribution in [3.63, 3.8) is 0 Å². The molecule has 0 spiro atoms. The fourth-order valence-corrected chi connectivity index (χ4v) is 1.07. The van der Waals surface area contributed by atoms with Crippen LogP contribution in [-0.4, -0.2) is 32.8 Å². The summed E-state index contributed by atoms with van der Waals surface area (Å²) in [6, 6.07) is 0. The van der Waals surface area contributed by atoms with Crippen LogP contribution >= 0.6 is 0 Å². The minimum absolute atomic E-state index is 0.436. The van der Waals surface area contributed by atoms with Crippen molar-refractivity contribution in [2.45, 2.75) is 18.6 Å². The topological polar surface area (TPSA) is 30.8 Å². The molecule has 10 heavy (non-hydrogen) atoms. The minimum atomic E-state index is -0.436. The highest BCUT2D eigenvalue weighted by molar-refractivity contribution is 5.58. The van der Waals surface area contributed by atoms with E-state index in [1.807, 2.05) is 6.21 Å². The average Bonchev–Trinajstić information content (AvgIpc) is 2.06. The third-order valence-corrected chi connectivity index (χ3v) is 1.86. The van der Waals surface area contributed by atoms with Gasteiger partial charge in [-0.2, -0.15) is 0 Å². The fourth-order valence-electron chi connectivity index (χ4n) is 1.07. The standard InChI is InChI=1S/C7H13NO2/c1-9-7(10-2)4-3-5-8-6-7/h5H,3-4,6H2,1-2H3. The Morgan fingerprint density at radius 1 is 1.40 bits per heavy atom. The number of rotatable bonds is 2. The van der Waals surface area contributed by atoms with E-state index < -0.39 is 5.79 Å². The van der Waals surface area contributed by atoms with Crippen molar-refractivity contribution >= 4 is 6.21 Å². The van der Waals surface area contributed by atoms with Crippen molar-refractivity contribution in [3.8, 4) is 0 Å². The lowest BCUT2D eigenvalue weighted by molar-refractivity contribution is -0.203. The van der Waals surface area contributed by atoms with E-state index in [2.05, 4.69) is 4.99 Å². The van der Waals surface area contributed by atoms with Crippen molar-refractivity contribution in [1.82, 2.24) is 0 Å². The first-order valence-corrected chi connectivity index (χ1v) is 3.41. The van der Waals surface area contributed by atoms with Gasteiger partial charge in [-0.15, -0.1) is 0 Å². The molecule has 1 heterocycles. The van der Waals surface area contributed by atoms with Gasteiger partial charge in [-0.05, 0) is 12.6 Å². The van der Waals surface area contributed by atoms with Gasteiger partial charge in [0.25, 0.3) is 0 Å². The summed E-state index contributed by atoms with van der Waals surface area (Å²) in [5.74, 6) is -0.436. The van der Waals surface area contributed by atoms with Gasteiger partial charge < -0.3 is 9.47 Å². The van der Waals surface area contributed by atoms with Crippen molar-refractivity contribution in [2.24, 2.45) is 4.99 Å². The van der Waals surface area contributed by atoms with Gasteiger partial charge in [0.15, 0.2) is 5.79 Å². The van der Waals surface area contributed by atoms with Gasteiger partial charge in [0.05, 0.1) is 6.54 Å². The fraction of sp³-hybridized carbons (Fsp3) is 0.857. The average molecular weight is 143 g/mol. The number of nitrogens with zero attached hydrogens (tertiary/aromatic N) is 1. The van der Waals surface area contributed by atoms with Crippen molar-refractivity contribution in [3.05, 3.63) is 0 Å². The zero-order chi connectivity index (χ0) is 7.45. The Bertz CT molecular complexity index is 130. The molecule has 3 nitrogen and oxygen atoms in total. The van der Waals surface area contributed by atoms with E-state index >= 15 is 0 Å².